The van der Waals surface area contributed by atoms with Gasteiger partial charge in [0.1, 0.15) is 10.6 Å². The molecule has 150 valence electrons. The van der Waals surface area contributed by atoms with Crippen LogP contribution in [0.3, 0.4) is 0 Å². The minimum Gasteiger partial charge on any atom is -0.495 e. The molecular formula is C20H23ClN2O4S. The Kier molecular flexibility index (Phi) is 5.34. The monoisotopic (exact) mass is 422 g/mol. The topological polar surface area (TPSA) is 75.7 Å². The quantitative estimate of drug-likeness (QED) is 0.805. The summed E-state index contributed by atoms with van der Waals surface area (Å²) in [4.78, 5) is 14.4. The van der Waals surface area contributed by atoms with E-state index in [1.807, 2.05) is 26.8 Å². The number of fused-ring (bicyclic) bond motifs is 1. The maximum Gasteiger partial charge on any atom is 0.265 e. The van der Waals surface area contributed by atoms with E-state index in [2.05, 4.69) is 4.72 Å². The van der Waals surface area contributed by atoms with Gasteiger partial charge in [0.05, 0.1) is 12.8 Å². The summed E-state index contributed by atoms with van der Waals surface area (Å²) in [6.07, 6.45) is 0.742. The number of amides is 1. The molecule has 1 aliphatic heterocycles. The number of carbonyl (C=O) groups excluding carboxylic acids is 1. The Morgan fingerprint density at radius 2 is 1.89 bits per heavy atom. The van der Waals surface area contributed by atoms with Crippen LogP contribution in [0.1, 0.15) is 26.3 Å². The van der Waals surface area contributed by atoms with Gasteiger partial charge in [0.15, 0.2) is 0 Å². The minimum atomic E-state index is -3.93. The summed E-state index contributed by atoms with van der Waals surface area (Å²) >= 11 is 5.96. The van der Waals surface area contributed by atoms with Gasteiger partial charge >= 0.3 is 0 Å². The summed E-state index contributed by atoms with van der Waals surface area (Å²) in [6.45, 7) is 6.19. The van der Waals surface area contributed by atoms with Crippen molar-refractivity contribution in [1.29, 1.82) is 0 Å². The van der Waals surface area contributed by atoms with Crippen LogP contribution in [0.4, 0.5) is 11.4 Å². The highest BCUT2D eigenvalue weighted by Crippen LogP contribution is 2.35. The molecule has 3 rings (SSSR count). The molecule has 1 N–H and O–H groups in total. The zero-order valence-corrected chi connectivity index (χ0v) is 17.8. The number of nitrogens with one attached hydrogen (secondary N) is 1. The molecule has 0 saturated heterocycles. The van der Waals surface area contributed by atoms with Crippen molar-refractivity contribution in [3.63, 3.8) is 0 Å². The van der Waals surface area contributed by atoms with Crippen molar-refractivity contribution in [2.24, 2.45) is 5.41 Å². The molecule has 0 fully saturated rings. The molecule has 0 aromatic heterocycles. The lowest BCUT2D eigenvalue weighted by molar-refractivity contribution is -0.125. The van der Waals surface area contributed by atoms with Crippen molar-refractivity contribution >= 4 is 38.9 Å². The normalized spacial score (nSPS) is 14.0. The predicted octanol–water partition coefficient (Wildman–Crippen LogP) is 4.08. The third-order valence-electron chi connectivity index (χ3n) is 4.53. The van der Waals surface area contributed by atoms with Crippen molar-refractivity contribution in [1.82, 2.24) is 0 Å². The number of nitrogens with zero attached hydrogens (tertiary/aromatic N) is 1. The fraction of sp³-hybridized carbons (Fsp3) is 0.350. The van der Waals surface area contributed by atoms with Crippen LogP contribution in [0.25, 0.3) is 0 Å². The second kappa shape index (κ2) is 7.29. The van der Waals surface area contributed by atoms with Gasteiger partial charge in [-0.25, -0.2) is 8.42 Å². The number of benzene rings is 2. The average molecular weight is 423 g/mol. The highest BCUT2D eigenvalue weighted by molar-refractivity contribution is 7.92. The zero-order valence-electron chi connectivity index (χ0n) is 16.2. The molecule has 1 amide bonds. The minimum absolute atomic E-state index is 0.00256. The van der Waals surface area contributed by atoms with Crippen LogP contribution < -0.4 is 14.4 Å². The van der Waals surface area contributed by atoms with Gasteiger partial charge in [-0.1, -0.05) is 38.4 Å². The van der Waals surface area contributed by atoms with Gasteiger partial charge < -0.3 is 9.64 Å². The fourth-order valence-corrected chi connectivity index (χ4v) is 4.61. The van der Waals surface area contributed by atoms with E-state index < -0.39 is 15.4 Å². The number of anilines is 2. The Morgan fingerprint density at radius 1 is 1.18 bits per heavy atom. The molecule has 0 atom stereocenters. The van der Waals surface area contributed by atoms with Gasteiger partial charge in [0.2, 0.25) is 5.91 Å². The Morgan fingerprint density at radius 3 is 2.54 bits per heavy atom. The van der Waals surface area contributed by atoms with E-state index in [-0.39, 0.29) is 21.6 Å². The largest absolute Gasteiger partial charge is 0.495 e. The van der Waals surface area contributed by atoms with Crippen molar-refractivity contribution in [2.75, 3.05) is 23.3 Å². The van der Waals surface area contributed by atoms with Crippen LogP contribution in [0, 0.1) is 5.41 Å². The SMILES string of the molecule is COc1ccc(Cl)cc1S(=O)(=O)Nc1ccc2c(c1)N(C(=O)C(C)(C)C)CC2. The number of rotatable bonds is 4. The van der Waals surface area contributed by atoms with Crippen LogP contribution in [-0.2, 0) is 21.2 Å². The van der Waals surface area contributed by atoms with Gasteiger partial charge in [-0.2, -0.15) is 0 Å². The molecule has 0 aliphatic carbocycles. The van der Waals surface area contributed by atoms with E-state index in [4.69, 9.17) is 16.3 Å². The molecule has 0 unspecified atom stereocenters. The molecule has 2 aromatic rings. The van der Waals surface area contributed by atoms with Crippen LogP contribution >= 0.6 is 11.6 Å². The lowest BCUT2D eigenvalue weighted by Gasteiger charge is -2.26. The number of hydrogen-bond donors (Lipinski definition) is 1. The number of carbonyl (C=O) groups is 1. The molecule has 1 aliphatic rings. The number of hydrogen-bond acceptors (Lipinski definition) is 4. The van der Waals surface area contributed by atoms with Crippen molar-refractivity contribution in [3.05, 3.63) is 47.0 Å². The first-order valence-electron chi connectivity index (χ1n) is 8.84. The van der Waals surface area contributed by atoms with Crippen LogP contribution in [0.5, 0.6) is 5.75 Å². The molecule has 6 nitrogen and oxygen atoms in total. The van der Waals surface area contributed by atoms with Crippen molar-refractivity contribution in [3.8, 4) is 5.75 Å². The van der Waals surface area contributed by atoms with E-state index in [9.17, 15) is 13.2 Å². The van der Waals surface area contributed by atoms with Crippen molar-refractivity contribution in [2.45, 2.75) is 32.1 Å². The van der Waals surface area contributed by atoms with Gasteiger partial charge in [0, 0.05) is 22.7 Å². The molecule has 8 heteroatoms. The van der Waals surface area contributed by atoms with Crippen LogP contribution in [0.2, 0.25) is 5.02 Å². The Bertz CT molecular complexity index is 1030. The third kappa shape index (κ3) is 3.95. The summed E-state index contributed by atoms with van der Waals surface area (Å²) < 4.78 is 33.5. The Labute approximate surface area is 170 Å². The number of ether oxygens (including phenoxy) is 1. The maximum atomic E-state index is 12.9. The first kappa shape index (κ1) is 20.5. The molecule has 1 heterocycles. The molecule has 28 heavy (non-hydrogen) atoms. The summed E-state index contributed by atoms with van der Waals surface area (Å²) in [5.74, 6) is 0.199. The van der Waals surface area contributed by atoms with Gasteiger partial charge in [-0.3, -0.25) is 9.52 Å². The fourth-order valence-electron chi connectivity index (χ4n) is 3.13. The van der Waals surface area contributed by atoms with Gasteiger partial charge in [0.25, 0.3) is 10.0 Å². The lowest BCUT2D eigenvalue weighted by atomic mass is 9.94. The number of methoxy groups -OCH3 is 1. The van der Waals surface area contributed by atoms with Gasteiger partial charge in [-0.15, -0.1) is 0 Å². The molecule has 0 radical (unpaired) electrons. The molecular weight excluding hydrogens is 400 g/mol. The smallest absolute Gasteiger partial charge is 0.265 e. The summed E-state index contributed by atoms with van der Waals surface area (Å²) in [6, 6.07) is 9.64. The summed E-state index contributed by atoms with van der Waals surface area (Å²) in [5.41, 5.74) is 1.60. The highest BCUT2D eigenvalue weighted by Gasteiger charge is 2.32. The second-order valence-corrected chi connectivity index (χ2v) is 9.79. The zero-order chi connectivity index (χ0) is 20.7. The Hall–Kier alpha value is -2.25. The van der Waals surface area contributed by atoms with Crippen molar-refractivity contribution < 1.29 is 17.9 Å². The standard InChI is InChI=1S/C20H23ClN2O4S/c1-20(2,3)19(24)23-10-9-13-5-7-15(12-16(13)23)22-28(25,26)18-11-14(21)6-8-17(18)27-4/h5-8,11-12,22H,9-10H2,1-4H3. The van der Waals surface area contributed by atoms with Crippen LogP contribution in [-0.4, -0.2) is 28.0 Å². The first-order chi connectivity index (χ1) is 13.0. The maximum absolute atomic E-state index is 12.9. The van der Waals surface area contributed by atoms with Crippen LogP contribution in [0.15, 0.2) is 41.3 Å². The van der Waals surface area contributed by atoms with E-state index in [0.717, 1.165) is 17.7 Å². The molecule has 0 saturated carbocycles. The van der Waals surface area contributed by atoms with E-state index in [1.165, 1.54) is 19.2 Å². The third-order valence-corrected chi connectivity index (χ3v) is 6.17. The molecule has 0 bridgehead atoms. The second-order valence-electron chi connectivity index (χ2n) is 7.70. The summed E-state index contributed by atoms with van der Waals surface area (Å²) in [5, 5.41) is 0.289. The number of halogens is 1. The van der Waals surface area contributed by atoms with E-state index >= 15 is 0 Å². The lowest BCUT2D eigenvalue weighted by Crippen LogP contribution is -2.38. The summed E-state index contributed by atoms with van der Waals surface area (Å²) in [7, 11) is -2.53. The van der Waals surface area contributed by atoms with Gasteiger partial charge in [-0.05, 0) is 42.3 Å². The average Bonchev–Trinajstić information content (AvgIpc) is 3.03. The van der Waals surface area contributed by atoms with E-state index in [1.54, 1.807) is 23.1 Å². The number of sulfonamides is 1. The Balaban J connectivity index is 1.95. The first-order valence-corrected chi connectivity index (χ1v) is 10.7. The predicted molar refractivity (Wildman–Crippen MR) is 111 cm³/mol. The molecule has 0 spiro atoms. The highest BCUT2D eigenvalue weighted by atomic mass is 35.5. The molecule has 2 aromatic carbocycles. The van der Waals surface area contributed by atoms with E-state index in [0.29, 0.717) is 12.2 Å².